The summed E-state index contributed by atoms with van der Waals surface area (Å²) < 4.78 is 1.97. The number of piperidine rings is 2. The quantitative estimate of drug-likeness (QED) is 0.417. The Bertz CT molecular complexity index is 1080. The maximum absolute atomic E-state index is 13.8. The van der Waals surface area contributed by atoms with Crippen molar-refractivity contribution >= 4 is 10.9 Å². The largest absolute Gasteiger partial charge is 0.294 e. The van der Waals surface area contributed by atoms with Crippen LogP contribution in [0.2, 0.25) is 0 Å². The first-order valence-corrected chi connectivity index (χ1v) is 14.5. The van der Waals surface area contributed by atoms with Gasteiger partial charge in [-0.15, -0.1) is 0 Å². The topological polar surface area (TPSA) is 68.6 Å². The summed E-state index contributed by atoms with van der Waals surface area (Å²) in [7, 11) is 0. The Labute approximate surface area is 214 Å². The molecule has 4 aliphatic rings. The number of rotatable bonds is 7. The van der Waals surface area contributed by atoms with Gasteiger partial charge < -0.3 is 0 Å². The van der Waals surface area contributed by atoms with E-state index in [1.165, 1.54) is 64.2 Å². The predicted molar refractivity (Wildman–Crippen MR) is 140 cm³/mol. The van der Waals surface area contributed by atoms with Gasteiger partial charge in [0.05, 0.1) is 17.5 Å². The minimum atomic E-state index is 0.0656. The zero-order valence-electron chi connectivity index (χ0n) is 21.7. The molecule has 2 aliphatic heterocycles. The molecular formula is C29H42N4O3. The van der Waals surface area contributed by atoms with Crippen LogP contribution < -0.4 is 11.2 Å². The molecule has 2 aromatic rings. The number of hydrogen-bond donors (Lipinski definition) is 1. The maximum atomic E-state index is 13.8. The molecule has 1 N–H and O–H groups in total. The standard InChI is InChI=1S/C29H42N4O3/c1-2-35-31-36-19-28-30-27-13-6-5-12-26(27)29(34)33(28)25-17-22-10-7-11-23(18-25)32(22)24-15-20-8-3-4-9-21(14-20)16-24/h5-6,12-13,20-25,31H,2-4,7-11,14-19H2,1H3. The molecule has 36 heavy (non-hydrogen) atoms. The molecule has 0 spiro atoms. The van der Waals surface area contributed by atoms with Crippen molar-refractivity contribution in [1.82, 2.24) is 20.1 Å². The van der Waals surface area contributed by atoms with Gasteiger partial charge in [-0.2, -0.15) is 0 Å². The molecule has 2 aliphatic carbocycles. The van der Waals surface area contributed by atoms with Crippen LogP contribution in [0.3, 0.4) is 0 Å². The lowest BCUT2D eigenvalue weighted by Crippen LogP contribution is -2.58. The van der Waals surface area contributed by atoms with Gasteiger partial charge in [0.2, 0.25) is 0 Å². The average molecular weight is 495 g/mol. The van der Waals surface area contributed by atoms with Gasteiger partial charge in [0.1, 0.15) is 12.4 Å². The Morgan fingerprint density at radius 1 is 0.861 bits per heavy atom. The van der Waals surface area contributed by atoms with Crippen LogP contribution in [0.25, 0.3) is 10.9 Å². The van der Waals surface area contributed by atoms with Crippen molar-refractivity contribution in [2.75, 3.05) is 6.61 Å². The zero-order valence-corrected chi connectivity index (χ0v) is 21.7. The second-order valence-corrected chi connectivity index (χ2v) is 11.7. The molecule has 0 radical (unpaired) electrons. The summed E-state index contributed by atoms with van der Waals surface area (Å²) in [5.41, 5.74) is 3.33. The summed E-state index contributed by atoms with van der Waals surface area (Å²) in [6, 6.07) is 9.74. The van der Waals surface area contributed by atoms with Crippen molar-refractivity contribution in [1.29, 1.82) is 0 Å². The summed E-state index contributed by atoms with van der Waals surface area (Å²) in [6.45, 7) is 2.60. The maximum Gasteiger partial charge on any atom is 0.261 e. The molecule has 6 rings (SSSR count). The van der Waals surface area contributed by atoms with Crippen molar-refractivity contribution in [3.8, 4) is 0 Å². The van der Waals surface area contributed by atoms with Gasteiger partial charge >= 0.3 is 0 Å². The van der Waals surface area contributed by atoms with E-state index in [1.54, 1.807) is 0 Å². The molecule has 196 valence electrons. The smallest absolute Gasteiger partial charge is 0.261 e. The molecule has 7 heteroatoms. The fourth-order valence-electron chi connectivity index (χ4n) is 8.17. The highest BCUT2D eigenvalue weighted by atomic mass is 16.9. The summed E-state index contributed by atoms with van der Waals surface area (Å²) in [4.78, 5) is 32.4. The molecule has 0 amide bonds. The Balaban J connectivity index is 1.28. The van der Waals surface area contributed by atoms with E-state index in [0.717, 1.165) is 36.2 Å². The van der Waals surface area contributed by atoms with Crippen LogP contribution in [-0.4, -0.2) is 39.2 Å². The molecule has 1 aromatic carbocycles. The monoisotopic (exact) mass is 494 g/mol. The van der Waals surface area contributed by atoms with E-state index in [4.69, 9.17) is 14.7 Å². The second kappa shape index (κ2) is 10.9. The van der Waals surface area contributed by atoms with Gasteiger partial charge in [-0.25, -0.2) is 4.98 Å². The van der Waals surface area contributed by atoms with E-state index in [0.29, 0.717) is 29.9 Å². The molecule has 4 fully saturated rings. The predicted octanol–water partition coefficient (Wildman–Crippen LogP) is 5.29. The van der Waals surface area contributed by atoms with E-state index in [1.807, 2.05) is 35.8 Å². The Hall–Kier alpha value is -1.80. The number of nitrogens with zero attached hydrogens (tertiary/aromatic N) is 3. The van der Waals surface area contributed by atoms with Gasteiger partial charge in [0.25, 0.3) is 5.56 Å². The first kappa shape index (κ1) is 24.5. The van der Waals surface area contributed by atoms with Gasteiger partial charge in [0, 0.05) is 24.2 Å². The Morgan fingerprint density at radius 3 is 2.31 bits per heavy atom. The molecule has 7 nitrogen and oxygen atoms in total. The number of benzene rings is 1. The summed E-state index contributed by atoms with van der Waals surface area (Å²) in [6.07, 6.45) is 15.9. The molecule has 2 saturated heterocycles. The summed E-state index contributed by atoms with van der Waals surface area (Å²) in [5.74, 6) is 2.55. The van der Waals surface area contributed by atoms with Gasteiger partial charge in [-0.1, -0.05) is 49.9 Å². The van der Waals surface area contributed by atoms with Crippen LogP contribution in [0.5, 0.6) is 0 Å². The van der Waals surface area contributed by atoms with Crippen molar-refractivity contribution < 1.29 is 9.68 Å². The van der Waals surface area contributed by atoms with Crippen molar-refractivity contribution in [3.63, 3.8) is 0 Å². The SMILES string of the molecule is CCONOCc1nc2ccccc2c(=O)n1C1CC2CCCC(C1)N2C1CC2CCCCC(C2)C1. The lowest BCUT2D eigenvalue weighted by molar-refractivity contribution is -0.176. The fraction of sp³-hybridized carbons (Fsp3) is 0.724. The van der Waals surface area contributed by atoms with E-state index in [2.05, 4.69) is 10.5 Å². The molecule has 4 atom stereocenters. The third kappa shape index (κ3) is 4.87. The molecule has 2 saturated carbocycles. The van der Waals surface area contributed by atoms with E-state index in [-0.39, 0.29) is 18.2 Å². The van der Waals surface area contributed by atoms with E-state index in [9.17, 15) is 4.79 Å². The third-order valence-electron chi connectivity index (χ3n) is 9.49. The van der Waals surface area contributed by atoms with Gasteiger partial charge in [-0.3, -0.25) is 23.9 Å². The lowest BCUT2D eigenvalue weighted by atomic mass is 9.73. The highest BCUT2D eigenvalue weighted by Crippen LogP contribution is 2.46. The fourth-order valence-corrected chi connectivity index (χ4v) is 8.17. The molecule has 4 unspecified atom stereocenters. The highest BCUT2D eigenvalue weighted by molar-refractivity contribution is 5.77. The third-order valence-corrected chi connectivity index (χ3v) is 9.49. The van der Waals surface area contributed by atoms with Crippen LogP contribution >= 0.6 is 0 Å². The van der Waals surface area contributed by atoms with Crippen LogP contribution in [0.1, 0.15) is 95.8 Å². The number of nitrogens with one attached hydrogen (secondary N) is 1. The van der Waals surface area contributed by atoms with Crippen LogP contribution in [0.15, 0.2) is 29.1 Å². The second-order valence-electron chi connectivity index (χ2n) is 11.7. The van der Waals surface area contributed by atoms with Crippen molar-refractivity contribution in [2.24, 2.45) is 11.8 Å². The summed E-state index contributed by atoms with van der Waals surface area (Å²) >= 11 is 0. The molecule has 1 aromatic heterocycles. The van der Waals surface area contributed by atoms with Crippen LogP contribution in [-0.2, 0) is 16.3 Å². The van der Waals surface area contributed by atoms with Crippen LogP contribution in [0, 0.1) is 11.8 Å². The minimum absolute atomic E-state index is 0.0656. The number of hydrogen-bond acceptors (Lipinski definition) is 6. The first-order chi connectivity index (χ1) is 17.7. The number of fused-ring (bicyclic) bond motifs is 5. The van der Waals surface area contributed by atoms with E-state index >= 15 is 0 Å². The Kier molecular flexibility index (Phi) is 7.43. The molecule has 4 bridgehead atoms. The highest BCUT2D eigenvalue weighted by Gasteiger charge is 2.45. The minimum Gasteiger partial charge on any atom is -0.294 e. The lowest BCUT2D eigenvalue weighted by Gasteiger charge is -2.54. The molecular weight excluding hydrogens is 452 g/mol. The zero-order chi connectivity index (χ0) is 24.5. The Morgan fingerprint density at radius 2 is 1.58 bits per heavy atom. The van der Waals surface area contributed by atoms with Gasteiger partial charge in [0.15, 0.2) is 0 Å². The number of para-hydroxylation sites is 1. The van der Waals surface area contributed by atoms with Crippen LogP contribution in [0.4, 0.5) is 0 Å². The van der Waals surface area contributed by atoms with Gasteiger partial charge in [-0.05, 0) is 75.8 Å². The van der Waals surface area contributed by atoms with Crippen molar-refractivity contribution in [3.05, 3.63) is 40.4 Å². The summed E-state index contributed by atoms with van der Waals surface area (Å²) in [5, 5.41) is 0.697. The van der Waals surface area contributed by atoms with E-state index < -0.39 is 0 Å². The molecule has 3 heterocycles. The number of aromatic nitrogens is 2. The average Bonchev–Trinajstić information content (AvgIpc) is 3.05. The normalized spacial score (nSPS) is 32.9. The van der Waals surface area contributed by atoms with Crippen molar-refractivity contribution in [2.45, 2.75) is 115 Å². The first-order valence-electron chi connectivity index (χ1n) is 14.5.